The van der Waals surface area contributed by atoms with E-state index in [0.29, 0.717) is 16.7 Å². The first-order chi connectivity index (χ1) is 28.0. The summed E-state index contributed by atoms with van der Waals surface area (Å²) in [6.07, 6.45) is 5.99. The zero-order chi connectivity index (χ0) is 43.1. The van der Waals surface area contributed by atoms with Crippen molar-refractivity contribution in [3.8, 4) is 12.1 Å². The van der Waals surface area contributed by atoms with Gasteiger partial charge in [-0.2, -0.15) is 10.5 Å². The number of rotatable bonds is 10. The summed E-state index contributed by atoms with van der Waals surface area (Å²) >= 11 is 0. The molecule has 6 aromatic rings. The Kier molecular flexibility index (Phi) is 12.9. The number of nitrogens with one attached hydrogen (secondary N) is 2. The van der Waals surface area contributed by atoms with Gasteiger partial charge in [-0.25, -0.2) is 9.59 Å². The Morgan fingerprint density at radius 1 is 0.678 bits per heavy atom. The minimum atomic E-state index is -0.707. The van der Waals surface area contributed by atoms with Crippen molar-refractivity contribution in [2.24, 2.45) is 0 Å². The maximum absolute atomic E-state index is 13.5. The molecule has 0 atom stereocenters. The minimum absolute atomic E-state index is 0.00559. The quantitative estimate of drug-likeness (QED) is 0.102. The van der Waals surface area contributed by atoms with E-state index in [0.717, 1.165) is 21.4 Å². The molecule has 0 radical (unpaired) electrons. The first kappa shape index (κ1) is 42.4. The zero-order valence-electron chi connectivity index (χ0n) is 33.2. The van der Waals surface area contributed by atoms with Crippen molar-refractivity contribution in [2.75, 3.05) is 0 Å². The number of H-pyrrole nitrogens is 2. The fraction of sp³-hybridized carbons (Fsp3) is 0.227. The molecule has 0 amide bonds. The Balaban J connectivity index is 0.000000224. The highest BCUT2D eigenvalue weighted by Gasteiger charge is 2.27. The van der Waals surface area contributed by atoms with Gasteiger partial charge in [-0.1, -0.05) is 27.7 Å². The van der Waals surface area contributed by atoms with Crippen LogP contribution in [0.4, 0.5) is 0 Å². The van der Waals surface area contributed by atoms with Gasteiger partial charge in [0.2, 0.25) is 24.0 Å². The summed E-state index contributed by atoms with van der Waals surface area (Å²) in [6.45, 7) is 10.8. The Labute approximate surface area is 337 Å². The number of benzene rings is 2. The van der Waals surface area contributed by atoms with Gasteiger partial charge in [-0.05, 0) is 96.5 Å². The number of aromatic nitrogens is 6. The van der Waals surface area contributed by atoms with Crippen LogP contribution in [0.2, 0.25) is 0 Å². The average Bonchev–Trinajstić information content (AvgIpc) is 3.19. The van der Waals surface area contributed by atoms with Crippen LogP contribution in [0.5, 0.6) is 0 Å². The highest BCUT2D eigenvalue weighted by molar-refractivity contribution is 6.09. The number of carbonyl (C=O) groups is 2. The third kappa shape index (κ3) is 9.61. The molecule has 0 saturated heterocycles. The number of hydrogen-bond donors (Lipinski definition) is 3. The Hall–Kier alpha value is -7.78. The van der Waals surface area contributed by atoms with Crippen LogP contribution in [0.3, 0.4) is 0 Å². The van der Waals surface area contributed by atoms with Crippen LogP contribution in [-0.2, 0) is 13.1 Å². The third-order valence-corrected chi connectivity index (χ3v) is 9.31. The first-order valence-electron chi connectivity index (χ1n) is 18.5. The van der Waals surface area contributed by atoms with Crippen molar-refractivity contribution < 1.29 is 19.5 Å². The molecule has 0 aliphatic carbocycles. The van der Waals surface area contributed by atoms with E-state index in [1.807, 2.05) is 12.1 Å². The molecule has 298 valence electrons. The van der Waals surface area contributed by atoms with Crippen molar-refractivity contribution in [1.29, 1.82) is 10.5 Å². The highest BCUT2D eigenvalue weighted by Crippen LogP contribution is 2.22. The molecule has 0 aliphatic rings. The predicted octanol–water partition coefficient (Wildman–Crippen LogP) is 4.16. The van der Waals surface area contributed by atoms with Crippen LogP contribution in [-0.4, -0.2) is 40.9 Å². The van der Waals surface area contributed by atoms with Crippen LogP contribution >= 0.6 is 0 Å². The first-order valence-corrected chi connectivity index (χ1v) is 18.5. The molecule has 0 bridgehead atoms. The van der Waals surface area contributed by atoms with Crippen molar-refractivity contribution in [1.82, 2.24) is 24.1 Å². The lowest BCUT2D eigenvalue weighted by Gasteiger charge is -2.17. The summed E-state index contributed by atoms with van der Waals surface area (Å²) in [5, 5.41) is 27.9. The Morgan fingerprint density at radius 2 is 1.07 bits per heavy atom. The maximum Gasteiger partial charge on any atom is 0.329 e. The molecular weight excluding hydrogens is 753 g/mol. The molecular formula is C44H41N8O7+. The lowest BCUT2D eigenvalue weighted by Crippen LogP contribution is -2.38. The van der Waals surface area contributed by atoms with Gasteiger partial charge in [0, 0.05) is 51.5 Å². The molecule has 59 heavy (non-hydrogen) atoms. The normalized spacial score (nSPS) is 10.7. The summed E-state index contributed by atoms with van der Waals surface area (Å²) in [7, 11) is 0. The van der Waals surface area contributed by atoms with E-state index in [2.05, 4.69) is 15.0 Å². The zero-order valence-corrected chi connectivity index (χ0v) is 33.2. The van der Waals surface area contributed by atoms with Crippen molar-refractivity contribution >= 4 is 11.6 Å². The SMILES string of the molecule is Cc1cc(C#N)cc(C(=O)c2c(C(C)C)c(=O)[nH]c(=O)n2Cc2cc[n+](O)cc2)c1.Cc1cc(C#N)cc(C(=O)c2c(C(C)C)c(=O)[nH]c(=O)n2Cc2ccncc2)c1. The van der Waals surface area contributed by atoms with E-state index in [4.69, 9.17) is 0 Å². The number of ketones is 2. The molecule has 3 N–H and O–H groups in total. The second kappa shape index (κ2) is 18.0. The van der Waals surface area contributed by atoms with Crippen LogP contribution in [0.15, 0.2) is 105 Å². The number of hydrogen-bond acceptors (Lipinski definition) is 10. The molecule has 15 nitrogen and oxygen atoms in total. The smallest absolute Gasteiger partial charge is 0.287 e. The second-order valence-electron chi connectivity index (χ2n) is 14.5. The second-order valence-corrected chi connectivity index (χ2v) is 14.5. The predicted molar refractivity (Wildman–Crippen MR) is 216 cm³/mol. The fourth-order valence-corrected chi connectivity index (χ4v) is 6.67. The Morgan fingerprint density at radius 3 is 1.44 bits per heavy atom. The van der Waals surface area contributed by atoms with E-state index in [1.54, 1.807) is 102 Å². The van der Waals surface area contributed by atoms with Gasteiger partial charge >= 0.3 is 11.4 Å². The van der Waals surface area contributed by atoms with Crippen molar-refractivity contribution in [3.63, 3.8) is 0 Å². The number of aromatic amines is 2. The Bertz CT molecular complexity index is 2910. The monoisotopic (exact) mass is 793 g/mol. The molecule has 6 rings (SSSR count). The highest BCUT2D eigenvalue weighted by atomic mass is 16.5. The minimum Gasteiger partial charge on any atom is -0.287 e. The van der Waals surface area contributed by atoms with Crippen molar-refractivity contribution in [3.05, 3.63) is 194 Å². The van der Waals surface area contributed by atoms with Crippen LogP contribution in [0.25, 0.3) is 0 Å². The molecule has 0 unspecified atom stereocenters. The number of nitrogens with zero attached hydrogens (tertiary/aromatic N) is 6. The summed E-state index contributed by atoms with van der Waals surface area (Å²) in [4.78, 5) is 86.0. The van der Waals surface area contributed by atoms with Gasteiger partial charge in [-0.15, -0.1) is 0 Å². The number of carbonyl (C=O) groups excluding carboxylic acids is 2. The van der Waals surface area contributed by atoms with E-state index in [9.17, 15) is 44.5 Å². The summed E-state index contributed by atoms with van der Waals surface area (Å²) < 4.78 is 3.37. The molecule has 0 saturated carbocycles. The number of nitriles is 2. The molecule has 15 heteroatoms. The summed E-state index contributed by atoms with van der Waals surface area (Å²) in [6, 6.07) is 20.2. The molecule has 0 fully saturated rings. The maximum atomic E-state index is 13.5. The third-order valence-electron chi connectivity index (χ3n) is 9.31. The van der Waals surface area contributed by atoms with Gasteiger partial charge in [0.15, 0.2) is 0 Å². The van der Waals surface area contributed by atoms with Crippen LogP contribution < -0.4 is 27.2 Å². The van der Waals surface area contributed by atoms with E-state index in [1.165, 1.54) is 33.7 Å². The largest absolute Gasteiger partial charge is 0.329 e. The van der Waals surface area contributed by atoms with Gasteiger partial charge in [-0.3, -0.25) is 48.5 Å². The number of aryl methyl sites for hydroxylation is 2. The molecule has 4 aromatic heterocycles. The van der Waals surface area contributed by atoms with E-state index in [-0.39, 0.29) is 58.6 Å². The summed E-state index contributed by atoms with van der Waals surface area (Å²) in [5.41, 5.74) is 1.96. The average molecular weight is 794 g/mol. The molecule has 2 aromatic carbocycles. The van der Waals surface area contributed by atoms with Crippen molar-refractivity contribution in [2.45, 2.75) is 66.5 Å². The standard InChI is InChI=1S/C22H20N4O4.C22H20N4O3/c1-13(2)18-19(20(27)17-9-14(3)8-16(10-17)11-23)26(22(29)24-21(18)28)12-15-4-6-25(30)7-5-15;1-13(2)18-19(20(27)17-9-14(3)8-16(10-17)11-23)26(22(29)25-21(18)28)12-15-4-6-24-7-5-15/h4-10,13H,12H2,1-3H3,(H-,24,28,29,30);4-10,13H,12H2,1-3H3,(H,25,28,29)/p+1. The number of pyridine rings is 2. The molecule has 0 spiro atoms. The van der Waals surface area contributed by atoms with Gasteiger partial charge in [0.25, 0.3) is 11.1 Å². The van der Waals surface area contributed by atoms with Gasteiger partial charge < -0.3 is 0 Å². The van der Waals surface area contributed by atoms with E-state index < -0.39 is 34.1 Å². The fourth-order valence-electron chi connectivity index (χ4n) is 6.67. The van der Waals surface area contributed by atoms with Crippen LogP contribution in [0, 0.1) is 36.5 Å². The lowest BCUT2D eigenvalue weighted by molar-refractivity contribution is -0.904. The van der Waals surface area contributed by atoms with E-state index >= 15 is 0 Å². The van der Waals surface area contributed by atoms with Crippen LogP contribution in [0.1, 0.15) is 116 Å². The molecule has 0 aliphatic heterocycles. The van der Waals surface area contributed by atoms with Gasteiger partial charge in [0.1, 0.15) is 11.4 Å². The molecule has 4 heterocycles. The summed E-state index contributed by atoms with van der Waals surface area (Å²) in [5.74, 6) is -1.58. The topological polar surface area (TPSA) is 228 Å². The van der Waals surface area contributed by atoms with Gasteiger partial charge in [0.05, 0.1) is 36.4 Å². The lowest BCUT2D eigenvalue weighted by atomic mass is 9.95.